The van der Waals surface area contributed by atoms with Crippen LogP contribution in [0.5, 0.6) is 5.75 Å². The van der Waals surface area contributed by atoms with Gasteiger partial charge in [-0.1, -0.05) is 103 Å². The number of carbonyl (C=O) groups is 3. The van der Waals surface area contributed by atoms with E-state index in [0.29, 0.717) is 33.6 Å². The Bertz CT molecular complexity index is 1760. The molecule has 0 spiro atoms. The van der Waals surface area contributed by atoms with E-state index >= 15 is 0 Å². The number of aliphatic hydroxyl groups is 4. The number of carbonyl (C=O) groups excluding carboxylic acids is 2. The number of amides is 1. The van der Waals surface area contributed by atoms with Gasteiger partial charge in [-0.15, -0.1) is 0 Å². The number of carboxylic acids is 1. The van der Waals surface area contributed by atoms with Gasteiger partial charge in [-0.25, -0.2) is 9.59 Å². The van der Waals surface area contributed by atoms with E-state index < -0.39 is 60.5 Å². The minimum atomic E-state index is -2.00. The van der Waals surface area contributed by atoms with Crippen LogP contribution < -0.4 is 4.74 Å². The van der Waals surface area contributed by atoms with Gasteiger partial charge in [0.1, 0.15) is 36.7 Å². The molecule has 4 aromatic carbocycles. The number of esters is 1. The third kappa shape index (κ3) is 7.11. The van der Waals surface area contributed by atoms with Gasteiger partial charge in [0.05, 0.1) is 12.5 Å². The van der Waals surface area contributed by atoms with Crippen LogP contribution in [0.2, 0.25) is 0 Å². The molecule has 1 unspecified atom stereocenters. The Kier molecular flexibility index (Phi) is 10.6. The van der Waals surface area contributed by atoms with Gasteiger partial charge < -0.3 is 44.6 Å². The normalized spacial score (nSPS) is 23.2. The van der Waals surface area contributed by atoms with Crippen molar-refractivity contribution < 1.29 is 54.1 Å². The van der Waals surface area contributed by atoms with Crippen molar-refractivity contribution in [1.29, 1.82) is 0 Å². The summed E-state index contributed by atoms with van der Waals surface area (Å²) in [5.41, 5.74) is 3.90. The first-order valence-corrected chi connectivity index (χ1v) is 16.1. The lowest BCUT2D eigenvalue weighted by Crippen LogP contribution is -2.61. The standard InChI is InChI=1S/C38H37NO11/c40-20-26-17-16-25-19-39(35(44)29(23-12-6-2-7-13-23)24-14-8-3-9-15-24)28(18-27(25)33(26)48-21-22-10-4-1-5-11-22)37(47)50-38-32(43)30(41)31(42)34(49-38)36(45)46/h1-17,28-32,34,38,40-43H,18-21H2,(H,45,46)/t28?,30-,31-,32+,34-,38-/m0/s1. The molecule has 2 aliphatic rings. The fourth-order valence-corrected chi connectivity index (χ4v) is 6.44. The number of benzene rings is 4. The fourth-order valence-electron chi connectivity index (χ4n) is 6.44. The van der Waals surface area contributed by atoms with Crippen molar-refractivity contribution in [3.63, 3.8) is 0 Å². The molecule has 12 heteroatoms. The molecule has 1 fully saturated rings. The van der Waals surface area contributed by atoms with Gasteiger partial charge in [0.2, 0.25) is 12.2 Å². The molecule has 6 atom stereocenters. The molecule has 2 heterocycles. The minimum absolute atomic E-state index is 0.0648. The zero-order valence-electron chi connectivity index (χ0n) is 26.8. The Hall–Kier alpha value is -5.11. The Labute approximate surface area is 287 Å². The van der Waals surface area contributed by atoms with E-state index in [0.717, 1.165) is 5.56 Å². The van der Waals surface area contributed by atoms with E-state index in [1.165, 1.54) is 4.90 Å². The molecule has 260 valence electrons. The number of rotatable bonds is 10. The highest BCUT2D eigenvalue weighted by atomic mass is 16.7. The van der Waals surface area contributed by atoms with Gasteiger partial charge in [0.25, 0.3) is 0 Å². The van der Waals surface area contributed by atoms with Gasteiger partial charge >= 0.3 is 11.9 Å². The predicted molar refractivity (Wildman–Crippen MR) is 176 cm³/mol. The predicted octanol–water partition coefficient (Wildman–Crippen LogP) is 2.28. The molecular formula is C38H37NO11. The largest absolute Gasteiger partial charge is 0.488 e. The number of aliphatic carboxylic acids is 1. The van der Waals surface area contributed by atoms with Crippen LogP contribution in [0, 0.1) is 0 Å². The van der Waals surface area contributed by atoms with Crippen LogP contribution in [0.1, 0.15) is 39.3 Å². The summed E-state index contributed by atoms with van der Waals surface area (Å²) < 4.78 is 17.0. The highest BCUT2D eigenvalue weighted by Gasteiger charge is 2.50. The molecule has 1 amide bonds. The number of hydrogen-bond donors (Lipinski definition) is 5. The summed E-state index contributed by atoms with van der Waals surface area (Å²) in [6.45, 7) is -0.270. The quantitative estimate of drug-likeness (QED) is 0.155. The van der Waals surface area contributed by atoms with Crippen molar-refractivity contribution in [3.8, 4) is 5.75 Å². The molecule has 0 bridgehead atoms. The Balaban J connectivity index is 1.40. The van der Waals surface area contributed by atoms with Crippen LogP contribution in [-0.4, -0.2) is 85.0 Å². The molecule has 5 N–H and O–H groups in total. The first-order chi connectivity index (χ1) is 24.2. The lowest BCUT2D eigenvalue weighted by atomic mass is 9.86. The maximum absolute atomic E-state index is 14.8. The van der Waals surface area contributed by atoms with Crippen molar-refractivity contribution >= 4 is 17.8 Å². The third-order valence-electron chi connectivity index (χ3n) is 9.06. The second kappa shape index (κ2) is 15.2. The van der Waals surface area contributed by atoms with Gasteiger partial charge in [-0.3, -0.25) is 4.79 Å². The fraction of sp³-hybridized carbons (Fsp3) is 0.289. The Morgan fingerprint density at radius 1 is 0.800 bits per heavy atom. The SMILES string of the molecule is O=C(O[C@@H]1O[C@H](C(=O)O)[C@@H](O)[C@H](O)[C@H]1O)C1Cc2c(ccc(CO)c2OCc2ccccc2)CN1C(=O)C(c1ccccc1)c1ccccc1. The molecule has 6 rings (SSSR count). The number of carboxylic acid groups (broad SMARTS) is 1. The molecule has 2 aliphatic heterocycles. The van der Waals surface area contributed by atoms with Gasteiger partial charge in [-0.05, 0) is 22.3 Å². The molecule has 0 aromatic heterocycles. The van der Waals surface area contributed by atoms with Crippen molar-refractivity contribution in [2.45, 2.75) is 68.8 Å². The number of ether oxygens (including phenoxy) is 3. The van der Waals surface area contributed by atoms with Crippen LogP contribution in [0.3, 0.4) is 0 Å². The van der Waals surface area contributed by atoms with E-state index in [4.69, 9.17) is 14.2 Å². The Morgan fingerprint density at radius 3 is 1.98 bits per heavy atom. The Morgan fingerprint density at radius 2 is 1.40 bits per heavy atom. The summed E-state index contributed by atoms with van der Waals surface area (Å²) in [5, 5.41) is 50.9. The van der Waals surface area contributed by atoms with E-state index in [1.807, 2.05) is 91.0 Å². The monoisotopic (exact) mass is 683 g/mol. The molecule has 12 nitrogen and oxygen atoms in total. The van der Waals surface area contributed by atoms with E-state index in [1.54, 1.807) is 12.1 Å². The van der Waals surface area contributed by atoms with E-state index in [2.05, 4.69) is 0 Å². The molecule has 0 aliphatic carbocycles. The van der Waals surface area contributed by atoms with Crippen LogP contribution >= 0.6 is 0 Å². The first kappa shape index (κ1) is 34.7. The van der Waals surface area contributed by atoms with Crippen molar-refractivity contribution in [1.82, 2.24) is 4.90 Å². The molecule has 50 heavy (non-hydrogen) atoms. The van der Waals surface area contributed by atoms with Crippen LogP contribution in [0.25, 0.3) is 0 Å². The number of aliphatic hydroxyl groups excluding tert-OH is 4. The van der Waals surface area contributed by atoms with Crippen LogP contribution in [0.4, 0.5) is 0 Å². The topological polar surface area (TPSA) is 183 Å². The summed E-state index contributed by atoms with van der Waals surface area (Å²) >= 11 is 0. The van der Waals surface area contributed by atoms with Crippen molar-refractivity contribution in [2.24, 2.45) is 0 Å². The van der Waals surface area contributed by atoms with E-state index in [9.17, 15) is 39.9 Å². The zero-order chi connectivity index (χ0) is 35.4. The second-order valence-corrected chi connectivity index (χ2v) is 12.2. The minimum Gasteiger partial charge on any atom is -0.488 e. The first-order valence-electron chi connectivity index (χ1n) is 16.1. The van der Waals surface area contributed by atoms with Crippen LogP contribution in [0.15, 0.2) is 103 Å². The second-order valence-electron chi connectivity index (χ2n) is 12.2. The van der Waals surface area contributed by atoms with Gasteiger partial charge in [0.15, 0.2) is 6.10 Å². The smallest absolute Gasteiger partial charge is 0.335 e. The summed E-state index contributed by atoms with van der Waals surface area (Å²) in [7, 11) is 0. The van der Waals surface area contributed by atoms with Crippen LogP contribution in [-0.2, 0) is 50.0 Å². The maximum atomic E-state index is 14.8. The van der Waals surface area contributed by atoms with Crippen molar-refractivity contribution in [3.05, 3.63) is 137 Å². The van der Waals surface area contributed by atoms with Crippen molar-refractivity contribution in [2.75, 3.05) is 0 Å². The average molecular weight is 684 g/mol. The highest BCUT2D eigenvalue weighted by Crippen LogP contribution is 2.38. The van der Waals surface area contributed by atoms with Gasteiger partial charge in [0, 0.05) is 24.1 Å². The average Bonchev–Trinajstić information content (AvgIpc) is 3.14. The zero-order valence-corrected chi connectivity index (χ0v) is 26.8. The molecule has 0 saturated carbocycles. The summed E-state index contributed by atoms with van der Waals surface area (Å²) in [4.78, 5) is 42.0. The number of nitrogens with zero attached hydrogens (tertiary/aromatic N) is 1. The van der Waals surface area contributed by atoms with Gasteiger partial charge in [-0.2, -0.15) is 0 Å². The summed E-state index contributed by atoms with van der Waals surface area (Å²) in [5.74, 6) is -3.61. The van der Waals surface area contributed by atoms with E-state index in [-0.39, 0.29) is 26.2 Å². The third-order valence-corrected chi connectivity index (χ3v) is 9.06. The molecule has 4 aromatic rings. The summed E-state index contributed by atoms with van der Waals surface area (Å²) in [6.07, 6.45) is -10.1. The molecule has 1 saturated heterocycles. The maximum Gasteiger partial charge on any atom is 0.335 e. The summed E-state index contributed by atoms with van der Waals surface area (Å²) in [6, 6.07) is 29.6. The lowest BCUT2D eigenvalue weighted by Gasteiger charge is -2.41. The highest BCUT2D eigenvalue weighted by molar-refractivity contribution is 5.92. The molecular weight excluding hydrogens is 646 g/mol. The lowest BCUT2D eigenvalue weighted by molar-refractivity contribution is -0.287. The number of fused-ring (bicyclic) bond motifs is 1. The number of hydrogen-bond acceptors (Lipinski definition) is 10. The molecule has 0 radical (unpaired) electrons.